The summed E-state index contributed by atoms with van der Waals surface area (Å²) in [6, 6.07) is 0. The lowest BCUT2D eigenvalue weighted by molar-refractivity contribution is 1.20. The van der Waals surface area contributed by atoms with E-state index in [1.165, 1.54) is 6.21 Å². The number of hydrogen-bond donors (Lipinski definition) is 4. The number of nitrogens with zero attached hydrogens (tertiary/aromatic N) is 3. The predicted octanol–water partition coefficient (Wildman–Crippen LogP) is -1.36. The molecule has 0 rings (SSSR count). The monoisotopic (exact) mass is 183 g/mol. The smallest absolute Gasteiger partial charge is 0.211 e. The Morgan fingerprint density at radius 2 is 1.92 bits per heavy atom. The van der Waals surface area contributed by atoms with Gasteiger partial charge in [-0.1, -0.05) is 0 Å². The van der Waals surface area contributed by atoms with Crippen molar-refractivity contribution < 1.29 is 0 Å². The Balaban J connectivity index is 4.06. The number of nitrogens with two attached hydrogens (primary N) is 3. The number of hydrogen-bond acceptors (Lipinski definition) is 4. The minimum atomic E-state index is -0.112. The first-order valence-corrected chi connectivity index (χ1v) is 3.48. The minimum Gasteiger partial charge on any atom is -0.386 e. The summed E-state index contributed by atoms with van der Waals surface area (Å²) in [5.74, 6) is -0.120. The molecule has 13 heavy (non-hydrogen) atoms. The van der Waals surface area contributed by atoms with Gasteiger partial charge >= 0.3 is 0 Å². The van der Waals surface area contributed by atoms with Gasteiger partial charge in [-0.3, -0.25) is 10.4 Å². The third-order valence-electron chi connectivity index (χ3n) is 0.863. The zero-order chi connectivity index (χ0) is 10.3. The van der Waals surface area contributed by atoms with Gasteiger partial charge in [0.15, 0.2) is 0 Å². The van der Waals surface area contributed by atoms with E-state index in [0.717, 1.165) is 0 Å². The molecule has 0 saturated carbocycles. The minimum absolute atomic E-state index is 0.00844. The molecule has 0 fully saturated rings. The Bertz CT molecular complexity index is 258. The molecule has 0 spiro atoms. The van der Waals surface area contributed by atoms with Crippen LogP contribution in [0.25, 0.3) is 0 Å². The molecule has 0 aromatic carbocycles. The molecule has 0 saturated heterocycles. The largest absolute Gasteiger partial charge is 0.386 e. The van der Waals surface area contributed by atoms with Crippen molar-refractivity contribution in [1.82, 2.24) is 0 Å². The van der Waals surface area contributed by atoms with Gasteiger partial charge in [0.1, 0.15) is 5.84 Å². The Morgan fingerprint density at radius 1 is 1.31 bits per heavy atom. The SMILES string of the molecule is C/C(C=NCC(=N)N)=N/N=C(N)N. The molecule has 0 bridgehead atoms. The Labute approximate surface area is 75.9 Å². The molecule has 0 heterocycles. The van der Waals surface area contributed by atoms with Gasteiger partial charge in [-0.15, -0.1) is 5.10 Å². The molecule has 72 valence electrons. The molecule has 0 amide bonds. The van der Waals surface area contributed by atoms with Gasteiger partial charge in [0.2, 0.25) is 5.96 Å². The zero-order valence-electron chi connectivity index (χ0n) is 7.36. The molecule has 0 aromatic heterocycles. The van der Waals surface area contributed by atoms with Crippen LogP contribution in [0.2, 0.25) is 0 Å². The molecule has 7 nitrogen and oxygen atoms in total. The van der Waals surface area contributed by atoms with Crippen LogP contribution < -0.4 is 17.2 Å². The molecule has 0 atom stereocenters. The predicted molar refractivity (Wildman–Crippen MR) is 54.2 cm³/mol. The normalized spacial score (nSPS) is 11.6. The fourth-order valence-electron chi connectivity index (χ4n) is 0.439. The molecular formula is C6H13N7. The number of rotatable bonds is 4. The van der Waals surface area contributed by atoms with Crippen molar-refractivity contribution >= 4 is 23.7 Å². The fraction of sp³-hybridized carbons (Fsp3) is 0.333. The summed E-state index contributed by atoms with van der Waals surface area (Å²) < 4.78 is 0. The van der Waals surface area contributed by atoms with Crippen LogP contribution >= 0.6 is 0 Å². The summed E-state index contributed by atoms with van der Waals surface area (Å²) in [7, 11) is 0. The highest BCUT2D eigenvalue weighted by Crippen LogP contribution is 1.76. The zero-order valence-corrected chi connectivity index (χ0v) is 7.36. The maximum atomic E-state index is 6.87. The van der Waals surface area contributed by atoms with Crippen LogP contribution in [0.4, 0.5) is 0 Å². The first kappa shape index (κ1) is 11.1. The number of nitrogens with one attached hydrogen (secondary N) is 1. The van der Waals surface area contributed by atoms with Crippen molar-refractivity contribution in [2.75, 3.05) is 6.54 Å². The van der Waals surface area contributed by atoms with Gasteiger partial charge in [-0.05, 0) is 6.92 Å². The van der Waals surface area contributed by atoms with E-state index in [9.17, 15) is 0 Å². The molecule has 0 aromatic rings. The highest BCUT2D eigenvalue weighted by atomic mass is 15.3. The standard InChI is InChI=1S/C6H13N7/c1-4(12-13-6(9)10)2-11-3-5(7)8/h2H,3H2,1H3,(H3,7,8)(H4,9,10,13)/b11-2?,12-4-. The van der Waals surface area contributed by atoms with Crippen LogP contribution in [-0.4, -0.2) is 30.3 Å². The Kier molecular flexibility index (Phi) is 4.85. The van der Waals surface area contributed by atoms with Crippen molar-refractivity contribution in [1.29, 1.82) is 5.41 Å². The average Bonchev–Trinajstić information content (AvgIpc) is 2.00. The lowest BCUT2D eigenvalue weighted by Crippen LogP contribution is -2.22. The van der Waals surface area contributed by atoms with E-state index in [-0.39, 0.29) is 18.3 Å². The van der Waals surface area contributed by atoms with Gasteiger partial charge in [-0.25, -0.2) is 0 Å². The lowest BCUT2D eigenvalue weighted by Gasteiger charge is -1.89. The molecule has 0 radical (unpaired) electrons. The van der Waals surface area contributed by atoms with Crippen LogP contribution in [0.3, 0.4) is 0 Å². The van der Waals surface area contributed by atoms with Crippen LogP contribution in [0.1, 0.15) is 6.92 Å². The van der Waals surface area contributed by atoms with Gasteiger partial charge in [-0.2, -0.15) is 5.10 Å². The second kappa shape index (κ2) is 5.70. The number of guanidine groups is 1. The van der Waals surface area contributed by atoms with E-state index < -0.39 is 0 Å². The van der Waals surface area contributed by atoms with E-state index in [2.05, 4.69) is 15.2 Å². The lowest BCUT2D eigenvalue weighted by atomic mass is 10.5. The van der Waals surface area contributed by atoms with Crippen molar-refractivity contribution in [2.45, 2.75) is 6.92 Å². The molecule has 0 unspecified atom stereocenters. The first-order valence-electron chi connectivity index (χ1n) is 3.48. The van der Waals surface area contributed by atoms with E-state index in [1.807, 2.05) is 0 Å². The van der Waals surface area contributed by atoms with Crippen molar-refractivity contribution in [3.05, 3.63) is 0 Å². The van der Waals surface area contributed by atoms with Gasteiger partial charge in [0.05, 0.1) is 12.3 Å². The summed E-state index contributed by atoms with van der Waals surface area (Å²) in [6.07, 6.45) is 1.44. The van der Waals surface area contributed by atoms with Crippen LogP contribution in [-0.2, 0) is 0 Å². The van der Waals surface area contributed by atoms with Gasteiger partial charge in [0, 0.05) is 6.21 Å². The Morgan fingerprint density at radius 3 is 2.38 bits per heavy atom. The molecular weight excluding hydrogens is 170 g/mol. The molecule has 7 N–H and O–H groups in total. The van der Waals surface area contributed by atoms with E-state index in [4.69, 9.17) is 22.6 Å². The summed E-state index contributed by atoms with van der Waals surface area (Å²) in [5, 5.41) is 13.9. The van der Waals surface area contributed by atoms with Gasteiger partial charge < -0.3 is 17.2 Å². The van der Waals surface area contributed by atoms with E-state index in [1.54, 1.807) is 6.92 Å². The highest BCUT2D eigenvalue weighted by molar-refractivity contribution is 6.29. The second-order valence-corrected chi connectivity index (χ2v) is 2.26. The topological polar surface area (TPSA) is 139 Å². The van der Waals surface area contributed by atoms with Crippen molar-refractivity contribution in [3.63, 3.8) is 0 Å². The highest BCUT2D eigenvalue weighted by Gasteiger charge is 1.85. The molecule has 7 heteroatoms. The Hall–Kier alpha value is -1.92. The maximum Gasteiger partial charge on any atom is 0.211 e. The van der Waals surface area contributed by atoms with Crippen LogP contribution in [0.15, 0.2) is 15.2 Å². The van der Waals surface area contributed by atoms with Crippen molar-refractivity contribution in [2.24, 2.45) is 32.4 Å². The molecule has 0 aliphatic carbocycles. The second-order valence-electron chi connectivity index (χ2n) is 2.26. The average molecular weight is 183 g/mol. The third-order valence-corrected chi connectivity index (χ3v) is 0.863. The number of amidine groups is 1. The van der Waals surface area contributed by atoms with Crippen LogP contribution in [0.5, 0.6) is 0 Å². The first-order chi connectivity index (χ1) is 6.02. The van der Waals surface area contributed by atoms with Crippen LogP contribution in [0, 0.1) is 5.41 Å². The summed E-state index contributed by atoms with van der Waals surface area (Å²) >= 11 is 0. The summed E-state index contributed by atoms with van der Waals surface area (Å²) in [6.45, 7) is 1.82. The third kappa shape index (κ3) is 7.98. The fourth-order valence-corrected chi connectivity index (χ4v) is 0.439. The van der Waals surface area contributed by atoms with E-state index in [0.29, 0.717) is 5.71 Å². The quantitative estimate of drug-likeness (QED) is 0.243. The summed E-state index contributed by atoms with van der Waals surface area (Å²) in [4.78, 5) is 3.79. The van der Waals surface area contributed by atoms with E-state index >= 15 is 0 Å². The molecule has 0 aliphatic rings. The number of aliphatic imine (C=N–C) groups is 1. The summed E-state index contributed by atoms with van der Waals surface area (Å²) in [5.41, 5.74) is 15.7. The molecule has 0 aliphatic heterocycles. The van der Waals surface area contributed by atoms with Crippen molar-refractivity contribution in [3.8, 4) is 0 Å². The van der Waals surface area contributed by atoms with Gasteiger partial charge in [0.25, 0.3) is 0 Å². The maximum absolute atomic E-state index is 6.87.